The van der Waals surface area contributed by atoms with Crippen molar-refractivity contribution in [2.24, 2.45) is 0 Å². The Hall–Kier alpha value is -6.00. The SMILES string of the molecule is CC(C)(C)N1CCCC1.CC(C)(C)N1CC[C@H](O)C1.CC(C)(C)OC1CCOCC1.CC(C)(C)O[C@H]1CCN(C(=O)CC#N)CC1(F)F.CC(C)(C)O[C@H]1CCN(C(=O)CC#N)C[C@H]1F.CC(C)(C)O[C@H]1CCN(C(=O)CO)C[C@H]1F.CC(C)(C)O[C@H]1CCN(C(=O)[C@@H]2CCC(=O)N2)CC1(F)F.CCN1CC[C@@H](O)C1.C[C@H](O)C(=O)N1CC[C@H](OC(C)(C)C)C(F)(F)C1.C[C@H](O)C(=O)N1CC[C@H](OC(C)(C)C)[C@H](F)C1. The smallest absolute Gasteiger partial charge is 0.290 e. The molecule has 0 spiro atoms. The van der Waals surface area contributed by atoms with Crippen LogP contribution in [0.1, 0.15) is 310 Å². The van der Waals surface area contributed by atoms with Crippen molar-refractivity contribution < 1.29 is 137 Å². The number of amides is 7. The number of carbonyl (C=O) groups is 7. The van der Waals surface area contributed by atoms with Gasteiger partial charge in [-0.3, -0.25) is 43.4 Å². The van der Waals surface area contributed by atoms with Gasteiger partial charge >= 0.3 is 0 Å². The van der Waals surface area contributed by atoms with Crippen LogP contribution in [0.3, 0.4) is 0 Å². The quantitative estimate of drug-likeness (QED) is 0.0880. The van der Waals surface area contributed by atoms with Crippen molar-refractivity contribution in [3.05, 3.63) is 0 Å². The molecule has 0 radical (unpaired) electrons. The number of nitrogens with one attached hydrogen (secondary N) is 1. The molecule has 0 aromatic rings. The highest BCUT2D eigenvalue weighted by atomic mass is 19.3. The molecule has 14 atom stereocenters. The second kappa shape index (κ2) is 59.9. The first kappa shape index (κ1) is 135. The number of aliphatic hydroxyl groups excluding tert-OH is 5. The Kier molecular flexibility index (Phi) is 55.8. The number of ether oxygens (including phenoxy) is 8. The van der Waals surface area contributed by atoms with E-state index in [0.717, 1.165) is 86.3 Å². The summed E-state index contributed by atoms with van der Waals surface area (Å²) in [5.74, 6) is -12.2. The molecule has 145 heavy (non-hydrogen) atoms. The van der Waals surface area contributed by atoms with E-state index in [2.05, 4.69) is 89.3 Å². The predicted molar refractivity (Wildman–Crippen MR) is 536 cm³/mol. The Morgan fingerprint density at radius 3 is 1.04 bits per heavy atom. The zero-order valence-electron chi connectivity index (χ0n) is 93.2. The average molecular weight is 2100 g/mol. The summed E-state index contributed by atoms with van der Waals surface area (Å²) in [6.45, 7) is 65.7. The third kappa shape index (κ3) is 54.7. The van der Waals surface area contributed by atoms with Crippen LogP contribution in [-0.2, 0) is 71.5 Å². The molecule has 0 bridgehead atoms. The van der Waals surface area contributed by atoms with E-state index in [4.69, 9.17) is 68.8 Å². The number of rotatable bonds is 14. The van der Waals surface area contributed by atoms with E-state index in [9.17, 15) is 78.2 Å². The highest BCUT2D eigenvalue weighted by Gasteiger charge is 2.52. The van der Waals surface area contributed by atoms with Crippen LogP contribution < -0.4 is 5.32 Å². The lowest BCUT2D eigenvalue weighted by molar-refractivity contribution is -0.209. The van der Waals surface area contributed by atoms with E-state index in [0.29, 0.717) is 57.0 Å². The van der Waals surface area contributed by atoms with Crippen LogP contribution in [0, 0.1) is 22.7 Å². The lowest BCUT2D eigenvalue weighted by Gasteiger charge is -2.41. The summed E-state index contributed by atoms with van der Waals surface area (Å²) in [5, 5.41) is 64.5. The number of piperidine rings is 6. The standard InChI is InChI=1S/C14H22F2N2O3.C12H18F2N2O2.C12H21F2NO3.C12H19FN2O2.C12H22FNO3.C11H20FNO3.C9H18O2.C8H17NO.C8H17N.C6H13NO/c1-13(2,3)21-10-6-7-18(8-14(10,15)16)12(20)9-4-5-11(19)17-9;1-11(2,3)18-9-5-7-16(8-12(9,13)14)10(17)4-6-15;1-8(16)10(17)15-6-5-9(12(13,14)7-15)18-11(2,3)4;1-12(2,3)17-10-5-7-15(8-9(10)13)11(16)4-6-14;1-8(15)11(16)14-6-5-10(9(13)7-14)17-12(2,3)4;1-11(2,3)16-9-4-5-13(6-8(9)12)10(15)7-14;1-9(2,3)11-8-4-6-10-7-5-8;1-8(2,3)9-5-4-7(10)6-9;1-8(2,3)9-6-4-5-7-9;1-2-7-4-3-6(8)5-7/h9-10H,4-8H2,1-3H3,(H,17,19);9H,4-5,7-8H2,1-3H3;8-9,16H,5-7H2,1-4H3;9-10H,4-5,7-8H2,1-3H3;8-10,15H,5-7H2,1-4H3;8-9,14H,4-7H2,1-3H3;8H,4-7H2,1-3H3;7,10H,4-6H2,1-3H3;4-7H2,1-3H3;6,8H,2-5H2,1H3/t9-,10-;9-;8-,9-;9-,10+;8-,9+,10-;8-,9+;;7-;;6-/m000101.0.1/s1. The fraction of sp³-hybridized carbons (Fsp3) is 0.913. The van der Waals surface area contributed by atoms with Gasteiger partial charge in [-0.25, -0.2) is 39.5 Å². The summed E-state index contributed by atoms with van der Waals surface area (Å²) in [5.41, 5.74) is -2.44. The summed E-state index contributed by atoms with van der Waals surface area (Å²) < 4.78 is 169. The van der Waals surface area contributed by atoms with Crippen molar-refractivity contribution in [3.63, 3.8) is 0 Å². The van der Waals surface area contributed by atoms with Crippen molar-refractivity contribution in [2.45, 2.75) is 470 Å². The summed E-state index contributed by atoms with van der Waals surface area (Å²) in [4.78, 5) is 94.7. The lowest BCUT2D eigenvalue weighted by atomic mass is 10.0. The monoisotopic (exact) mass is 2100 g/mol. The molecule has 0 aliphatic carbocycles. The summed E-state index contributed by atoms with van der Waals surface area (Å²) in [6, 6.07) is 2.80. The second-order valence-corrected chi connectivity index (χ2v) is 48.0. The number of β-amino-alcohol motifs (C(OH)–C–C–N with tert-alkyl or cyclic N) is 2. The van der Waals surface area contributed by atoms with Crippen LogP contribution in [0.5, 0.6) is 0 Å². The Morgan fingerprint density at radius 2 is 0.745 bits per heavy atom. The van der Waals surface area contributed by atoms with E-state index in [1.807, 2.05) is 62.3 Å². The molecule has 0 aromatic heterocycles. The van der Waals surface area contributed by atoms with Gasteiger partial charge in [0.05, 0.1) is 127 Å². The lowest BCUT2D eigenvalue weighted by Crippen LogP contribution is -2.58. The molecule has 0 aromatic carbocycles. The molecular formula is C104H187F9N12O20. The first-order valence-electron chi connectivity index (χ1n) is 51.8. The molecule has 6 N–H and O–H groups in total. The number of hydrogen-bond acceptors (Lipinski definition) is 25. The van der Waals surface area contributed by atoms with E-state index in [1.54, 1.807) is 74.5 Å². The number of halogens is 9. The molecular weight excluding hydrogens is 1910 g/mol. The van der Waals surface area contributed by atoms with Crippen LogP contribution in [0.25, 0.3) is 0 Å². The second-order valence-electron chi connectivity index (χ2n) is 48.0. The first-order chi connectivity index (χ1) is 66.1. The molecule has 11 fully saturated rings. The van der Waals surface area contributed by atoms with Crippen LogP contribution in [0.4, 0.5) is 39.5 Å². The minimum absolute atomic E-state index is 0.00199. The maximum atomic E-state index is 14.2. The number of aliphatic hydroxyl groups is 5. The summed E-state index contributed by atoms with van der Waals surface area (Å²) >= 11 is 0. The minimum atomic E-state index is -3.09. The molecule has 11 aliphatic rings. The molecule has 11 heterocycles. The Labute approximate surface area is 860 Å². The van der Waals surface area contributed by atoms with Gasteiger partial charge in [-0.15, -0.1) is 0 Å². The fourth-order valence-corrected chi connectivity index (χ4v) is 17.3. The van der Waals surface area contributed by atoms with Crippen LogP contribution in [0.15, 0.2) is 0 Å². The van der Waals surface area contributed by atoms with E-state index in [-0.39, 0.29) is 130 Å². The van der Waals surface area contributed by atoms with Gasteiger partial charge in [0, 0.05) is 96.2 Å². The van der Waals surface area contributed by atoms with Crippen molar-refractivity contribution in [2.75, 3.05) is 144 Å². The molecule has 11 aliphatic heterocycles. The molecule has 0 saturated carbocycles. The topological polar surface area (TPSA) is 383 Å². The Bertz CT molecular complexity index is 3910. The maximum Gasteiger partial charge on any atom is 0.290 e. The average Bonchev–Trinajstić information content (AvgIpc) is 1.58. The van der Waals surface area contributed by atoms with Gasteiger partial charge in [0.1, 0.15) is 74.5 Å². The largest absolute Gasteiger partial charge is 0.392 e. The van der Waals surface area contributed by atoms with E-state index in [1.165, 1.54) is 54.5 Å². The molecule has 11 saturated heterocycles. The Balaban J connectivity index is 0.000000551. The van der Waals surface area contributed by atoms with Crippen LogP contribution in [0.2, 0.25) is 0 Å². The van der Waals surface area contributed by atoms with Crippen molar-refractivity contribution in [3.8, 4) is 12.1 Å². The Morgan fingerprint density at radius 1 is 0.414 bits per heavy atom. The third-order valence-electron chi connectivity index (χ3n) is 24.2. The van der Waals surface area contributed by atoms with Gasteiger partial charge in [-0.05, 0) is 304 Å². The van der Waals surface area contributed by atoms with Crippen LogP contribution in [-0.4, -0.2) is 415 Å². The van der Waals surface area contributed by atoms with Gasteiger partial charge in [-0.2, -0.15) is 10.5 Å². The summed E-state index contributed by atoms with van der Waals surface area (Å²) in [6.07, 6.45) is -1.89. The number of likely N-dealkylation sites (tertiary alicyclic amines) is 9. The molecule has 846 valence electrons. The number of hydrogen-bond donors (Lipinski definition) is 6. The minimum Gasteiger partial charge on any atom is -0.392 e. The molecule has 0 unspecified atom stereocenters. The molecule has 11 rings (SSSR count). The van der Waals surface area contributed by atoms with Gasteiger partial charge in [0.2, 0.25) is 29.5 Å². The van der Waals surface area contributed by atoms with E-state index >= 15 is 0 Å². The van der Waals surface area contributed by atoms with Gasteiger partial charge in [0.15, 0.2) is 0 Å². The van der Waals surface area contributed by atoms with Crippen molar-refractivity contribution in [1.82, 2.24) is 49.4 Å². The number of alkyl halides is 9. The number of likely N-dealkylation sites (N-methyl/N-ethyl adjacent to an activating group) is 1. The molecule has 32 nitrogen and oxygen atoms in total. The predicted octanol–water partition coefficient (Wildman–Crippen LogP) is 13.0. The van der Waals surface area contributed by atoms with Crippen molar-refractivity contribution >= 4 is 41.4 Å². The van der Waals surface area contributed by atoms with Gasteiger partial charge < -0.3 is 103 Å². The fourth-order valence-electron chi connectivity index (χ4n) is 17.3. The number of nitrogens with zero attached hydrogens (tertiary/aromatic N) is 11. The van der Waals surface area contributed by atoms with E-state index < -0.39 is 164 Å². The summed E-state index contributed by atoms with van der Waals surface area (Å²) in [7, 11) is 0. The van der Waals surface area contributed by atoms with Gasteiger partial charge in [-0.1, -0.05) is 6.92 Å². The molecule has 7 amide bonds. The maximum absolute atomic E-state index is 14.2. The first-order valence-corrected chi connectivity index (χ1v) is 51.8. The highest BCUT2D eigenvalue weighted by molar-refractivity contribution is 5.91. The normalized spacial score (nSPS) is 26.5. The molecule has 41 heteroatoms. The van der Waals surface area contributed by atoms with Crippen LogP contribution >= 0.6 is 0 Å². The van der Waals surface area contributed by atoms with Crippen molar-refractivity contribution in [1.29, 1.82) is 10.5 Å². The zero-order valence-corrected chi connectivity index (χ0v) is 93.2. The third-order valence-corrected chi connectivity index (χ3v) is 24.2. The van der Waals surface area contributed by atoms with Gasteiger partial charge in [0.25, 0.3) is 29.6 Å². The number of carbonyl (C=O) groups excluding carboxylic acids is 7. The highest BCUT2D eigenvalue weighted by Crippen LogP contribution is 2.38. The number of nitriles is 2. The zero-order chi connectivity index (χ0) is 112.